The molecule has 0 radical (unpaired) electrons. The number of halogens is 1. The Balaban J connectivity index is 1.56. The zero-order valence-corrected chi connectivity index (χ0v) is 24.4. The fourth-order valence-corrected chi connectivity index (χ4v) is 4.25. The highest BCUT2D eigenvalue weighted by Crippen LogP contribution is 2.33. The first-order valence-corrected chi connectivity index (χ1v) is 13.1. The summed E-state index contributed by atoms with van der Waals surface area (Å²) in [7, 11) is 1.47. The molecule has 3 N–H and O–H groups in total. The molecule has 3 rings (SSSR count). The quantitative estimate of drug-likeness (QED) is 0.0912. The number of nitrogens with one attached hydrogen (secondary N) is 3. The summed E-state index contributed by atoms with van der Waals surface area (Å²) in [5, 5.41) is 9.22. The minimum Gasteiger partial charge on any atom is -0.493 e. The van der Waals surface area contributed by atoms with Crippen molar-refractivity contribution < 1.29 is 28.6 Å². The Labute approximate surface area is 245 Å². The molecule has 3 aromatic carbocycles. The van der Waals surface area contributed by atoms with Crippen LogP contribution >= 0.6 is 22.6 Å². The Morgan fingerprint density at radius 3 is 2.33 bits per heavy atom. The van der Waals surface area contributed by atoms with E-state index in [4.69, 9.17) is 14.2 Å². The standard InChI is InChI=1S/C29H29IN4O6/c1-5-13-39-22-11-9-21(10-12-22)32-28(36)29(37)34-31-16-20-14-23(30)27(24(15-20)38-4)40-17-25(35)33-26-18(2)7-6-8-19(26)3/h5-12,14-16H,1,13,17H2,2-4H3,(H,32,36)(H,33,35)(H,34,37)/b31-16-. The lowest BCUT2D eigenvalue weighted by Gasteiger charge is -2.15. The van der Waals surface area contributed by atoms with Crippen LogP contribution in [-0.4, -0.2) is 44.3 Å². The lowest BCUT2D eigenvalue weighted by molar-refractivity contribution is -0.136. The summed E-state index contributed by atoms with van der Waals surface area (Å²) in [5.41, 5.74) is 5.86. The number of benzene rings is 3. The second kappa shape index (κ2) is 14.7. The summed E-state index contributed by atoms with van der Waals surface area (Å²) < 4.78 is 17.2. The van der Waals surface area contributed by atoms with Crippen LogP contribution in [0.4, 0.5) is 11.4 Å². The molecule has 3 aromatic rings. The van der Waals surface area contributed by atoms with Crippen molar-refractivity contribution in [2.24, 2.45) is 5.10 Å². The van der Waals surface area contributed by atoms with Gasteiger partial charge in [-0.15, -0.1) is 0 Å². The van der Waals surface area contributed by atoms with Gasteiger partial charge in [0.2, 0.25) is 0 Å². The summed E-state index contributed by atoms with van der Waals surface area (Å²) in [4.78, 5) is 36.8. The van der Waals surface area contributed by atoms with Crippen molar-refractivity contribution in [1.82, 2.24) is 5.43 Å². The maximum absolute atomic E-state index is 12.5. The number of nitrogens with zero attached hydrogens (tertiary/aromatic N) is 1. The largest absolute Gasteiger partial charge is 0.493 e. The van der Waals surface area contributed by atoms with E-state index in [0.29, 0.717) is 38.7 Å². The number of hydrazone groups is 1. The Kier molecular flexibility index (Phi) is 11.1. The van der Waals surface area contributed by atoms with Crippen LogP contribution in [0.15, 0.2) is 72.4 Å². The van der Waals surface area contributed by atoms with Crippen molar-refractivity contribution >= 4 is 57.9 Å². The first-order valence-electron chi connectivity index (χ1n) is 12.1. The van der Waals surface area contributed by atoms with Gasteiger partial charge in [-0.05, 0) is 89.5 Å². The molecule has 3 amide bonds. The van der Waals surface area contributed by atoms with Crippen LogP contribution in [0.2, 0.25) is 0 Å². The molecule has 0 bridgehead atoms. The van der Waals surface area contributed by atoms with Gasteiger partial charge in [0.15, 0.2) is 18.1 Å². The van der Waals surface area contributed by atoms with Crippen molar-refractivity contribution in [3.8, 4) is 17.2 Å². The number of amides is 3. The highest BCUT2D eigenvalue weighted by atomic mass is 127. The Morgan fingerprint density at radius 2 is 1.68 bits per heavy atom. The van der Waals surface area contributed by atoms with Gasteiger partial charge >= 0.3 is 11.8 Å². The summed E-state index contributed by atoms with van der Waals surface area (Å²) in [5.74, 6) is -0.765. The number of para-hydroxylation sites is 1. The average molecular weight is 656 g/mol. The monoisotopic (exact) mass is 656 g/mol. The van der Waals surface area contributed by atoms with Crippen LogP contribution in [0.3, 0.4) is 0 Å². The zero-order chi connectivity index (χ0) is 29.1. The zero-order valence-electron chi connectivity index (χ0n) is 22.2. The summed E-state index contributed by atoms with van der Waals surface area (Å²) in [6.45, 7) is 7.56. The average Bonchev–Trinajstić information content (AvgIpc) is 2.93. The number of hydrogen-bond donors (Lipinski definition) is 3. The van der Waals surface area contributed by atoms with Gasteiger partial charge in [-0.3, -0.25) is 14.4 Å². The predicted molar refractivity (Wildman–Crippen MR) is 162 cm³/mol. The molecule has 10 nitrogen and oxygen atoms in total. The number of hydrogen-bond acceptors (Lipinski definition) is 7. The highest BCUT2D eigenvalue weighted by Gasteiger charge is 2.15. The maximum Gasteiger partial charge on any atom is 0.329 e. The molecule has 0 fully saturated rings. The van der Waals surface area contributed by atoms with E-state index in [1.165, 1.54) is 13.3 Å². The van der Waals surface area contributed by atoms with Gasteiger partial charge in [-0.1, -0.05) is 30.9 Å². The molecule has 0 saturated carbocycles. The molecule has 0 aliphatic carbocycles. The van der Waals surface area contributed by atoms with E-state index in [-0.39, 0.29) is 12.5 Å². The van der Waals surface area contributed by atoms with Crippen molar-refractivity contribution in [3.05, 3.63) is 87.5 Å². The summed E-state index contributed by atoms with van der Waals surface area (Å²) in [6.07, 6.45) is 2.98. The Bertz CT molecular complexity index is 1400. The molecule has 0 heterocycles. The molecule has 0 saturated heterocycles. The van der Waals surface area contributed by atoms with Crippen LogP contribution in [-0.2, 0) is 14.4 Å². The predicted octanol–water partition coefficient (Wildman–Crippen LogP) is 4.59. The van der Waals surface area contributed by atoms with Crippen LogP contribution in [0.5, 0.6) is 17.2 Å². The third-order valence-corrected chi connectivity index (χ3v) is 6.21. The number of carbonyl (C=O) groups is 3. The van der Waals surface area contributed by atoms with Gasteiger partial charge in [-0.25, -0.2) is 5.43 Å². The number of rotatable bonds is 11. The number of aryl methyl sites for hydroxylation is 2. The van der Waals surface area contributed by atoms with Crippen molar-refractivity contribution in [3.63, 3.8) is 0 Å². The molecule has 0 atom stereocenters. The lowest BCUT2D eigenvalue weighted by Crippen LogP contribution is -2.32. The number of carbonyl (C=O) groups excluding carboxylic acids is 3. The molecular weight excluding hydrogens is 627 g/mol. The third-order valence-electron chi connectivity index (χ3n) is 5.41. The van der Waals surface area contributed by atoms with Gasteiger partial charge in [0.1, 0.15) is 12.4 Å². The fraction of sp³-hybridized carbons (Fsp3) is 0.172. The van der Waals surface area contributed by atoms with Crippen molar-refractivity contribution in [2.45, 2.75) is 13.8 Å². The molecule has 0 aliphatic rings. The smallest absolute Gasteiger partial charge is 0.329 e. The second-order valence-corrected chi connectivity index (χ2v) is 9.58. The van der Waals surface area contributed by atoms with Gasteiger partial charge in [0, 0.05) is 11.4 Å². The van der Waals surface area contributed by atoms with Crippen LogP contribution in [0, 0.1) is 17.4 Å². The van der Waals surface area contributed by atoms with Crippen molar-refractivity contribution in [2.75, 3.05) is 31.0 Å². The molecule has 11 heteroatoms. The van der Waals surface area contributed by atoms with Crippen LogP contribution in [0.1, 0.15) is 16.7 Å². The molecule has 208 valence electrons. The number of anilines is 2. The van der Waals surface area contributed by atoms with E-state index in [1.807, 2.05) is 32.0 Å². The van der Waals surface area contributed by atoms with Gasteiger partial charge in [-0.2, -0.15) is 5.10 Å². The number of ether oxygens (including phenoxy) is 3. The van der Waals surface area contributed by atoms with E-state index in [2.05, 4.69) is 50.3 Å². The Morgan fingerprint density at radius 1 is 0.975 bits per heavy atom. The molecule has 0 spiro atoms. The minimum absolute atomic E-state index is 0.219. The molecule has 40 heavy (non-hydrogen) atoms. The van der Waals surface area contributed by atoms with Gasteiger partial charge in [0.25, 0.3) is 5.91 Å². The molecule has 0 aliphatic heterocycles. The summed E-state index contributed by atoms with van der Waals surface area (Å²) in [6, 6.07) is 15.7. The van der Waals surface area contributed by atoms with Crippen molar-refractivity contribution in [1.29, 1.82) is 0 Å². The third kappa shape index (κ3) is 8.56. The van der Waals surface area contributed by atoms with E-state index in [0.717, 1.165) is 16.8 Å². The SMILES string of the molecule is C=CCOc1ccc(NC(=O)C(=O)N/N=C\c2cc(I)c(OCC(=O)Nc3c(C)cccc3C)c(OC)c2)cc1. The maximum atomic E-state index is 12.5. The fourth-order valence-electron chi connectivity index (χ4n) is 3.47. The molecular formula is C29H29IN4O6. The van der Waals surface area contributed by atoms with Crippen LogP contribution in [0.25, 0.3) is 0 Å². The molecule has 0 aromatic heterocycles. The van der Waals surface area contributed by atoms with Crippen LogP contribution < -0.4 is 30.3 Å². The first-order chi connectivity index (χ1) is 19.2. The molecule has 0 unspecified atom stereocenters. The normalized spacial score (nSPS) is 10.5. The minimum atomic E-state index is -0.945. The summed E-state index contributed by atoms with van der Waals surface area (Å²) >= 11 is 2.05. The van der Waals surface area contributed by atoms with E-state index >= 15 is 0 Å². The first kappa shape index (κ1) is 30.2. The highest BCUT2D eigenvalue weighted by molar-refractivity contribution is 14.1. The lowest BCUT2D eigenvalue weighted by atomic mass is 10.1. The Hall–Kier alpha value is -4.39. The van der Waals surface area contributed by atoms with E-state index < -0.39 is 11.8 Å². The van der Waals surface area contributed by atoms with E-state index in [1.54, 1.807) is 42.5 Å². The van der Waals surface area contributed by atoms with Gasteiger partial charge in [0.05, 0.1) is 16.9 Å². The topological polar surface area (TPSA) is 127 Å². The second-order valence-electron chi connectivity index (χ2n) is 8.42. The number of methoxy groups -OCH3 is 1. The van der Waals surface area contributed by atoms with Gasteiger partial charge < -0.3 is 24.8 Å². The van der Waals surface area contributed by atoms with E-state index in [9.17, 15) is 14.4 Å².